The lowest BCUT2D eigenvalue weighted by atomic mass is 10.1. The molecule has 0 radical (unpaired) electrons. The summed E-state index contributed by atoms with van der Waals surface area (Å²) in [5.74, 6) is 0. The van der Waals surface area contributed by atoms with Gasteiger partial charge in [-0.3, -0.25) is 0 Å². The number of carbonyl (C=O) groups is 1. The van der Waals surface area contributed by atoms with Gasteiger partial charge in [0.15, 0.2) is 0 Å². The van der Waals surface area contributed by atoms with Crippen LogP contribution in [0, 0.1) is 0 Å². The number of hydrogen-bond donors (Lipinski definition) is 1. The lowest BCUT2D eigenvalue weighted by molar-refractivity contribution is 0.146. The molecule has 24 heavy (non-hydrogen) atoms. The molecular weight excluding hydrogens is 324 g/mol. The monoisotopic (exact) mass is 346 g/mol. The van der Waals surface area contributed by atoms with Gasteiger partial charge < -0.3 is 15.0 Å². The van der Waals surface area contributed by atoms with E-state index in [-0.39, 0.29) is 12.1 Å². The minimum Gasteiger partial charge on any atom is -0.450 e. The zero-order valence-corrected chi connectivity index (χ0v) is 14.6. The van der Waals surface area contributed by atoms with Gasteiger partial charge in [-0.2, -0.15) is 0 Å². The van der Waals surface area contributed by atoms with Crippen molar-refractivity contribution in [2.75, 3.05) is 24.6 Å². The van der Waals surface area contributed by atoms with Gasteiger partial charge in [0.2, 0.25) is 5.13 Å². The Morgan fingerprint density at radius 3 is 3.00 bits per heavy atom. The van der Waals surface area contributed by atoms with E-state index < -0.39 is 0 Å². The van der Waals surface area contributed by atoms with Gasteiger partial charge in [-0.15, -0.1) is 10.2 Å². The summed E-state index contributed by atoms with van der Waals surface area (Å²) in [6.45, 7) is 3.89. The Morgan fingerprint density at radius 2 is 2.21 bits per heavy atom. The van der Waals surface area contributed by atoms with Crippen molar-refractivity contribution >= 4 is 22.6 Å². The first kappa shape index (κ1) is 16.7. The number of alkyl carbamates (subject to hydrolysis) is 1. The molecule has 3 rings (SSSR count). The molecule has 0 aliphatic carbocycles. The van der Waals surface area contributed by atoms with Crippen molar-refractivity contribution in [3.63, 3.8) is 0 Å². The Hall–Kier alpha value is -2.15. The Labute approximate surface area is 145 Å². The standard InChI is InChI=1S/C17H22N4O2S/c1-2-23-17(22)18-14-9-6-10-21(12-14)16-20-19-15(24-16)11-13-7-4-3-5-8-13/h3-5,7-8,14H,2,6,9-12H2,1H3,(H,18,22)/t14-/m1/s1. The lowest BCUT2D eigenvalue weighted by Crippen LogP contribution is -2.48. The first-order valence-corrected chi connectivity index (χ1v) is 9.11. The summed E-state index contributed by atoms with van der Waals surface area (Å²) in [5, 5.41) is 13.5. The zero-order chi connectivity index (χ0) is 16.8. The highest BCUT2D eigenvalue weighted by Crippen LogP contribution is 2.25. The van der Waals surface area contributed by atoms with Crippen LogP contribution >= 0.6 is 11.3 Å². The number of benzene rings is 1. The van der Waals surface area contributed by atoms with Crippen LogP contribution in [0.4, 0.5) is 9.93 Å². The molecule has 1 amide bonds. The number of aromatic nitrogens is 2. The van der Waals surface area contributed by atoms with Gasteiger partial charge in [-0.25, -0.2) is 4.79 Å². The van der Waals surface area contributed by atoms with E-state index in [4.69, 9.17) is 4.74 Å². The summed E-state index contributed by atoms with van der Waals surface area (Å²) in [6.07, 6.45) is 2.44. The third-order valence-electron chi connectivity index (χ3n) is 3.94. The molecule has 1 atom stereocenters. The third kappa shape index (κ3) is 4.44. The molecule has 2 aromatic rings. The Kier molecular flexibility index (Phi) is 5.63. The van der Waals surface area contributed by atoms with Gasteiger partial charge >= 0.3 is 6.09 Å². The van der Waals surface area contributed by atoms with E-state index in [1.807, 2.05) is 25.1 Å². The number of ether oxygens (including phenoxy) is 1. The minimum atomic E-state index is -0.341. The summed E-state index contributed by atoms with van der Waals surface area (Å²) < 4.78 is 4.96. The van der Waals surface area contributed by atoms with E-state index in [9.17, 15) is 4.79 Å². The molecule has 0 unspecified atom stereocenters. The van der Waals surface area contributed by atoms with Gasteiger partial charge in [-0.1, -0.05) is 41.7 Å². The molecule has 0 spiro atoms. The summed E-state index contributed by atoms with van der Waals surface area (Å²) in [5.41, 5.74) is 1.24. The van der Waals surface area contributed by atoms with Gasteiger partial charge in [0, 0.05) is 25.6 Å². The maximum Gasteiger partial charge on any atom is 0.407 e. The van der Waals surface area contributed by atoms with Crippen molar-refractivity contribution < 1.29 is 9.53 Å². The minimum absolute atomic E-state index is 0.0965. The quantitative estimate of drug-likeness (QED) is 0.902. The molecule has 2 heterocycles. The summed E-state index contributed by atoms with van der Waals surface area (Å²) in [4.78, 5) is 13.8. The van der Waals surface area contributed by atoms with Crippen LogP contribution in [-0.4, -0.2) is 42.0 Å². The van der Waals surface area contributed by atoms with Crippen molar-refractivity contribution in [1.82, 2.24) is 15.5 Å². The number of rotatable bonds is 5. The van der Waals surface area contributed by atoms with Crippen molar-refractivity contribution in [2.24, 2.45) is 0 Å². The van der Waals surface area contributed by atoms with Crippen LogP contribution in [0.15, 0.2) is 30.3 Å². The second-order valence-corrected chi connectivity index (χ2v) is 6.83. The highest BCUT2D eigenvalue weighted by atomic mass is 32.1. The predicted octanol–water partition coefficient (Wildman–Crippen LogP) is 2.84. The molecule has 1 aliphatic heterocycles. The average molecular weight is 346 g/mol. The first-order valence-electron chi connectivity index (χ1n) is 8.29. The van der Waals surface area contributed by atoms with Crippen LogP contribution in [0.5, 0.6) is 0 Å². The van der Waals surface area contributed by atoms with Crippen molar-refractivity contribution in [3.05, 3.63) is 40.9 Å². The molecule has 1 aliphatic rings. The number of hydrogen-bond acceptors (Lipinski definition) is 6. The van der Waals surface area contributed by atoms with E-state index >= 15 is 0 Å². The van der Waals surface area contributed by atoms with Crippen LogP contribution in [0.3, 0.4) is 0 Å². The fourth-order valence-corrected chi connectivity index (χ4v) is 3.73. The molecule has 7 heteroatoms. The van der Waals surface area contributed by atoms with E-state index in [2.05, 4.69) is 32.5 Å². The van der Waals surface area contributed by atoms with E-state index in [0.717, 1.165) is 42.5 Å². The molecule has 0 bridgehead atoms. The van der Waals surface area contributed by atoms with Crippen LogP contribution in [-0.2, 0) is 11.2 Å². The van der Waals surface area contributed by atoms with E-state index in [1.54, 1.807) is 11.3 Å². The van der Waals surface area contributed by atoms with Gasteiger partial charge in [0.05, 0.1) is 6.61 Å². The number of anilines is 1. The number of amides is 1. The fraction of sp³-hybridized carbons (Fsp3) is 0.471. The smallest absolute Gasteiger partial charge is 0.407 e. The normalized spacial score (nSPS) is 17.5. The average Bonchev–Trinajstić information content (AvgIpc) is 3.05. The van der Waals surface area contributed by atoms with Crippen molar-refractivity contribution in [2.45, 2.75) is 32.2 Å². The summed E-state index contributed by atoms with van der Waals surface area (Å²) >= 11 is 1.63. The highest BCUT2D eigenvalue weighted by Gasteiger charge is 2.24. The molecule has 6 nitrogen and oxygen atoms in total. The Bertz CT molecular complexity index is 662. The van der Waals surface area contributed by atoms with Crippen molar-refractivity contribution in [3.8, 4) is 0 Å². The summed E-state index contributed by atoms with van der Waals surface area (Å²) in [6, 6.07) is 10.4. The molecule has 1 fully saturated rings. The molecule has 1 saturated heterocycles. The Balaban J connectivity index is 1.59. The van der Waals surface area contributed by atoms with Crippen LogP contribution in [0.2, 0.25) is 0 Å². The number of nitrogens with one attached hydrogen (secondary N) is 1. The topological polar surface area (TPSA) is 67.3 Å². The molecule has 128 valence electrons. The van der Waals surface area contributed by atoms with E-state index in [1.165, 1.54) is 5.56 Å². The predicted molar refractivity (Wildman–Crippen MR) is 94.5 cm³/mol. The maximum atomic E-state index is 11.6. The lowest BCUT2D eigenvalue weighted by Gasteiger charge is -2.32. The number of carbonyl (C=O) groups excluding carboxylic acids is 1. The van der Waals surface area contributed by atoms with Crippen LogP contribution in [0.1, 0.15) is 30.3 Å². The SMILES string of the molecule is CCOC(=O)N[C@@H]1CCCN(c2nnc(Cc3ccccc3)s2)C1. The van der Waals surface area contributed by atoms with Gasteiger partial charge in [0.1, 0.15) is 5.01 Å². The first-order chi connectivity index (χ1) is 11.7. The summed E-state index contributed by atoms with van der Waals surface area (Å²) in [7, 11) is 0. The highest BCUT2D eigenvalue weighted by molar-refractivity contribution is 7.15. The zero-order valence-electron chi connectivity index (χ0n) is 13.8. The van der Waals surface area contributed by atoms with E-state index in [0.29, 0.717) is 6.61 Å². The fourth-order valence-electron chi connectivity index (χ4n) is 2.82. The molecule has 1 aromatic carbocycles. The second-order valence-electron chi connectivity index (χ2n) is 5.79. The molecule has 0 saturated carbocycles. The third-order valence-corrected chi connectivity index (χ3v) is 4.93. The van der Waals surface area contributed by atoms with Crippen LogP contribution in [0.25, 0.3) is 0 Å². The molecule has 1 aromatic heterocycles. The number of piperidine rings is 1. The van der Waals surface area contributed by atoms with Crippen molar-refractivity contribution in [1.29, 1.82) is 0 Å². The molecular formula is C17H22N4O2S. The molecule has 1 N–H and O–H groups in total. The maximum absolute atomic E-state index is 11.6. The Morgan fingerprint density at radius 1 is 1.38 bits per heavy atom. The second kappa shape index (κ2) is 8.10. The van der Waals surface area contributed by atoms with Gasteiger partial charge in [-0.05, 0) is 25.3 Å². The van der Waals surface area contributed by atoms with Crippen LogP contribution < -0.4 is 10.2 Å². The largest absolute Gasteiger partial charge is 0.450 e. The number of nitrogens with zero attached hydrogens (tertiary/aromatic N) is 3. The van der Waals surface area contributed by atoms with Gasteiger partial charge in [0.25, 0.3) is 0 Å².